The molecule has 3 aromatic rings. The molecule has 0 aliphatic heterocycles. The number of aryl methyl sites for hydroxylation is 2. The van der Waals surface area contributed by atoms with Gasteiger partial charge in [0.15, 0.2) is 5.13 Å². The molecule has 0 saturated carbocycles. The van der Waals surface area contributed by atoms with Gasteiger partial charge in [0, 0.05) is 6.54 Å². The second-order valence-electron chi connectivity index (χ2n) is 7.08. The zero-order chi connectivity index (χ0) is 21.1. The molecule has 164 valence electrons. The highest BCUT2D eigenvalue weighted by Crippen LogP contribution is 2.40. The van der Waals surface area contributed by atoms with E-state index in [1.54, 1.807) is 25.2 Å². The monoisotopic (exact) mass is 453 g/mol. The molecule has 1 amide bonds. The second-order valence-corrected chi connectivity index (χ2v) is 8.06. The lowest BCUT2D eigenvalue weighted by molar-refractivity contribution is 0.0984. The number of aromatic nitrogens is 1. The third-order valence-electron chi connectivity index (χ3n) is 4.63. The van der Waals surface area contributed by atoms with Gasteiger partial charge in [-0.1, -0.05) is 11.3 Å². The van der Waals surface area contributed by atoms with Crippen LogP contribution in [0.1, 0.15) is 28.3 Å². The molecule has 3 rings (SSSR count). The fourth-order valence-electron chi connectivity index (χ4n) is 3.21. The van der Waals surface area contributed by atoms with Crippen molar-refractivity contribution < 1.29 is 18.7 Å². The van der Waals surface area contributed by atoms with Gasteiger partial charge in [0.2, 0.25) is 0 Å². The van der Waals surface area contributed by atoms with Gasteiger partial charge in [-0.25, -0.2) is 4.98 Å². The van der Waals surface area contributed by atoms with Crippen molar-refractivity contribution in [1.82, 2.24) is 9.88 Å². The first-order valence-corrected chi connectivity index (χ1v) is 10.2. The fourth-order valence-corrected chi connectivity index (χ4v) is 4.31. The number of benzene rings is 1. The Hall–Kier alpha value is -2.29. The van der Waals surface area contributed by atoms with Crippen molar-refractivity contribution in [3.8, 4) is 11.5 Å². The molecule has 0 aliphatic carbocycles. The third-order valence-corrected chi connectivity index (χ3v) is 5.73. The molecule has 7 nitrogen and oxygen atoms in total. The number of nitrogens with zero attached hydrogens (tertiary/aromatic N) is 3. The number of anilines is 1. The highest BCUT2D eigenvalue weighted by atomic mass is 35.5. The molecule has 0 spiro atoms. The van der Waals surface area contributed by atoms with Crippen molar-refractivity contribution in [2.75, 3.05) is 46.3 Å². The third kappa shape index (κ3) is 4.88. The average molecular weight is 454 g/mol. The molecule has 0 bridgehead atoms. The van der Waals surface area contributed by atoms with Crippen LogP contribution in [0, 0.1) is 13.8 Å². The minimum atomic E-state index is -0.116. The van der Waals surface area contributed by atoms with Gasteiger partial charge in [-0.3, -0.25) is 9.69 Å². The molecule has 0 aliphatic rings. The minimum absolute atomic E-state index is 0. The van der Waals surface area contributed by atoms with E-state index < -0.39 is 0 Å². The Morgan fingerprint density at radius 1 is 1.13 bits per heavy atom. The van der Waals surface area contributed by atoms with Gasteiger partial charge in [-0.05, 0) is 59.1 Å². The number of halogens is 1. The van der Waals surface area contributed by atoms with E-state index in [1.165, 1.54) is 11.3 Å². The van der Waals surface area contributed by atoms with Gasteiger partial charge in [0.25, 0.3) is 5.91 Å². The number of methoxy groups -OCH3 is 2. The van der Waals surface area contributed by atoms with Crippen molar-refractivity contribution in [2.24, 2.45) is 0 Å². The largest absolute Gasteiger partial charge is 0.495 e. The number of amides is 1. The van der Waals surface area contributed by atoms with Crippen LogP contribution >= 0.6 is 23.7 Å². The summed E-state index contributed by atoms with van der Waals surface area (Å²) in [5.41, 5.74) is 1.25. The van der Waals surface area contributed by atoms with Crippen molar-refractivity contribution >= 4 is 45.0 Å². The standard InChI is InChI=1S/C21H27N3O4S.ClH/c1-13-12-15(14(2)28-13)20(25)24(11-7-10-23(3)4)21-22-18-16(26-5)8-9-17(27-6)19(18)29-21;/h8-9,12H,7,10-11H2,1-6H3;1H. The SMILES string of the molecule is COc1ccc(OC)c2sc(N(CCCN(C)C)C(=O)c3cc(C)oc3C)nc12.Cl. The number of carbonyl (C=O) groups is 1. The fraction of sp³-hybridized carbons (Fsp3) is 0.429. The zero-order valence-corrected chi connectivity index (χ0v) is 19.8. The Kier molecular flexibility index (Phi) is 8.11. The molecule has 1 aromatic carbocycles. The molecule has 0 radical (unpaired) electrons. The summed E-state index contributed by atoms with van der Waals surface area (Å²) < 4.78 is 17.4. The highest BCUT2D eigenvalue weighted by molar-refractivity contribution is 7.22. The second kappa shape index (κ2) is 10.1. The summed E-state index contributed by atoms with van der Waals surface area (Å²) in [5.74, 6) is 2.57. The number of furan rings is 1. The predicted molar refractivity (Wildman–Crippen MR) is 123 cm³/mol. The molecule has 0 fully saturated rings. The van der Waals surface area contributed by atoms with Gasteiger partial charge < -0.3 is 18.8 Å². The summed E-state index contributed by atoms with van der Waals surface area (Å²) in [7, 11) is 7.27. The number of thiazole rings is 1. The topological polar surface area (TPSA) is 68.0 Å². The maximum absolute atomic E-state index is 13.4. The number of hydrogen-bond acceptors (Lipinski definition) is 7. The quantitative estimate of drug-likeness (QED) is 0.498. The molecule has 2 aromatic heterocycles. The first kappa shape index (κ1) is 24.0. The van der Waals surface area contributed by atoms with Crippen molar-refractivity contribution in [3.05, 3.63) is 35.3 Å². The Balaban J connectivity index is 0.00000320. The number of fused-ring (bicyclic) bond motifs is 1. The molecule has 0 atom stereocenters. The Bertz CT molecular complexity index is 974. The van der Waals surface area contributed by atoms with Gasteiger partial charge in [-0.2, -0.15) is 0 Å². The predicted octanol–water partition coefficient (Wildman–Crippen LogP) is 4.54. The lowest BCUT2D eigenvalue weighted by Crippen LogP contribution is -2.33. The van der Waals surface area contributed by atoms with Gasteiger partial charge >= 0.3 is 0 Å². The minimum Gasteiger partial charge on any atom is -0.495 e. The van der Waals surface area contributed by atoms with Crippen molar-refractivity contribution in [3.63, 3.8) is 0 Å². The number of hydrogen-bond donors (Lipinski definition) is 0. The number of rotatable bonds is 8. The summed E-state index contributed by atoms with van der Waals surface area (Å²) in [6, 6.07) is 5.46. The van der Waals surface area contributed by atoms with E-state index in [2.05, 4.69) is 4.90 Å². The van der Waals surface area contributed by atoms with E-state index in [0.717, 1.165) is 17.7 Å². The Morgan fingerprint density at radius 2 is 1.80 bits per heavy atom. The van der Waals surface area contributed by atoms with Crippen molar-refractivity contribution in [2.45, 2.75) is 20.3 Å². The van der Waals surface area contributed by atoms with Crippen molar-refractivity contribution in [1.29, 1.82) is 0 Å². The molecule has 0 saturated heterocycles. The van der Waals surface area contributed by atoms with Gasteiger partial charge in [0.1, 0.15) is 33.2 Å². The van der Waals surface area contributed by atoms with Gasteiger partial charge in [-0.15, -0.1) is 12.4 Å². The molecular weight excluding hydrogens is 426 g/mol. The molecular formula is C21H28ClN3O4S. The van der Waals surface area contributed by atoms with Crippen LogP contribution < -0.4 is 14.4 Å². The normalized spacial score (nSPS) is 10.9. The van der Waals surface area contributed by atoms with Crippen LogP contribution in [0.25, 0.3) is 10.2 Å². The van der Waals surface area contributed by atoms with Crippen LogP contribution in [-0.2, 0) is 0 Å². The molecule has 9 heteroatoms. The summed E-state index contributed by atoms with van der Waals surface area (Å²) >= 11 is 1.43. The Labute approximate surface area is 187 Å². The first-order chi connectivity index (χ1) is 13.8. The lowest BCUT2D eigenvalue weighted by atomic mass is 10.2. The summed E-state index contributed by atoms with van der Waals surface area (Å²) in [6.45, 7) is 5.06. The first-order valence-electron chi connectivity index (χ1n) is 9.40. The molecule has 30 heavy (non-hydrogen) atoms. The van der Waals surface area contributed by atoms with E-state index in [1.807, 2.05) is 40.1 Å². The number of ether oxygens (including phenoxy) is 2. The lowest BCUT2D eigenvalue weighted by Gasteiger charge is -2.20. The molecule has 2 heterocycles. The van der Waals surface area contributed by atoms with Crippen LogP contribution in [0.2, 0.25) is 0 Å². The zero-order valence-electron chi connectivity index (χ0n) is 18.1. The van der Waals surface area contributed by atoms with Crippen LogP contribution in [0.5, 0.6) is 11.5 Å². The summed E-state index contributed by atoms with van der Waals surface area (Å²) in [4.78, 5) is 22.0. The van der Waals surface area contributed by atoms with E-state index in [9.17, 15) is 4.79 Å². The number of carbonyl (C=O) groups excluding carboxylic acids is 1. The molecule has 0 N–H and O–H groups in total. The van der Waals surface area contributed by atoms with Crippen LogP contribution in [-0.4, -0.2) is 57.2 Å². The van der Waals surface area contributed by atoms with Gasteiger partial charge in [0.05, 0.1) is 19.8 Å². The van der Waals surface area contributed by atoms with E-state index in [4.69, 9.17) is 18.9 Å². The van der Waals surface area contributed by atoms with Crippen LogP contribution in [0.4, 0.5) is 5.13 Å². The summed E-state index contributed by atoms with van der Waals surface area (Å²) in [5, 5.41) is 0.616. The maximum Gasteiger partial charge on any atom is 0.263 e. The van der Waals surface area contributed by atoms with E-state index in [0.29, 0.717) is 45.8 Å². The summed E-state index contributed by atoms with van der Waals surface area (Å²) in [6.07, 6.45) is 0.818. The van der Waals surface area contributed by atoms with E-state index >= 15 is 0 Å². The van der Waals surface area contributed by atoms with Crippen LogP contribution in [0.15, 0.2) is 22.6 Å². The van der Waals surface area contributed by atoms with E-state index in [-0.39, 0.29) is 18.3 Å². The molecule has 0 unspecified atom stereocenters. The van der Waals surface area contributed by atoms with Crippen LogP contribution in [0.3, 0.4) is 0 Å². The highest BCUT2D eigenvalue weighted by Gasteiger charge is 2.26. The smallest absolute Gasteiger partial charge is 0.263 e. The average Bonchev–Trinajstić information content (AvgIpc) is 3.26. The Morgan fingerprint density at radius 3 is 2.37 bits per heavy atom. The maximum atomic E-state index is 13.4.